The molecule has 3 aromatic rings. The van der Waals surface area contributed by atoms with E-state index in [-0.39, 0.29) is 11.9 Å². The van der Waals surface area contributed by atoms with Crippen LogP contribution in [0.1, 0.15) is 31.4 Å². The molecule has 4 nitrogen and oxygen atoms in total. The van der Waals surface area contributed by atoms with E-state index in [4.69, 9.17) is 0 Å². The fraction of sp³-hybridized carbons (Fsp3) is 0.357. The first-order valence-corrected chi connectivity index (χ1v) is 11.6. The largest absolute Gasteiger partial charge is 0.353 e. The predicted octanol–water partition coefficient (Wildman–Crippen LogP) is 4.75. The molecule has 0 radical (unpaired) electrons. The van der Waals surface area contributed by atoms with Gasteiger partial charge in [0.2, 0.25) is 5.91 Å². The summed E-state index contributed by atoms with van der Waals surface area (Å²) < 4.78 is 0. The van der Waals surface area contributed by atoms with Crippen LogP contribution in [-0.4, -0.2) is 41.5 Å². The topological polar surface area (TPSA) is 45.2 Å². The van der Waals surface area contributed by atoms with E-state index >= 15 is 0 Å². The van der Waals surface area contributed by atoms with Crippen molar-refractivity contribution in [3.63, 3.8) is 0 Å². The molecule has 1 unspecified atom stereocenters. The van der Waals surface area contributed by atoms with Crippen LogP contribution in [0.5, 0.6) is 0 Å². The first-order chi connectivity index (χ1) is 15.6. The molecule has 1 saturated heterocycles. The fourth-order valence-electron chi connectivity index (χ4n) is 4.75. The van der Waals surface area contributed by atoms with Gasteiger partial charge in [0.1, 0.15) is 0 Å². The summed E-state index contributed by atoms with van der Waals surface area (Å²) in [5, 5.41) is 3.22. The normalized spacial score (nSPS) is 18.7. The van der Waals surface area contributed by atoms with E-state index in [1.807, 2.05) is 26.1 Å². The summed E-state index contributed by atoms with van der Waals surface area (Å²) in [6, 6.07) is 23.2. The monoisotopic (exact) mass is 427 g/mol. The van der Waals surface area contributed by atoms with Gasteiger partial charge in [-0.15, -0.1) is 0 Å². The summed E-state index contributed by atoms with van der Waals surface area (Å²) in [5.41, 5.74) is 4.41. The van der Waals surface area contributed by atoms with Crippen molar-refractivity contribution < 1.29 is 4.79 Å². The van der Waals surface area contributed by atoms with Crippen LogP contribution in [-0.2, 0) is 17.6 Å². The maximum absolute atomic E-state index is 13.5. The van der Waals surface area contributed by atoms with Gasteiger partial charge in [0.05, 0.1) is 5.41 Å². The first kappa shape index (κ1) is 22.2. The van der Waals surface area contributed by atoms with E-state index in [9.17, 15) is 4.79 Å². The van der Waals surface area contributed by atoms with Crippen molar-refractivity contribution in [3.05, 3.63) is 90.3 Å². The minimum absolute atomic E-state index is 0.131. The number of benzene rings is 2. The molecule has 0 bridgehead atoms. The van der Waals surface area contributed by atoms with Crippen molar-refractivity contribution in [1.82, 2.24) is 15.2 Å². The van der Waals surface area contributed by atoms with E-state index < -0.39 is 5.41 Å². The van der Waals surface area contributed by atoms with Gasteiger partial charge in [-0.2, -0.15) is 0 Å². The van der Waals surface area contributed by atoms with Gasteiger partial charge in [0.25, 0.3) is 0 Å². The van der Waals surface area contributed by atoms with Gasteiger partial charge in [-0.1, -0.05) is 60.7 Å². The molecule has 1 N–H and O–H groups in total. The quantitative estimate of drug-likeness (QED) is 0.564. The summed E-state index contributed by atoms with van der Waals surface area (Å²) in [7, 11) is 0. The molecule has 1 amide bonds. The zero-order valence-corrected chi connectivity index (χ0v) is 19.1. The zero-order valence-electron chi connectivity index (χ0n) is 19.1. The van der Waals surface area contributed by atoms with Crippen molar-refractivity contribution >= 4 is 5.91 Å². The van der Waals surface area contributed by atoms with E-state index in [1.54, 1.807) is 6.20 Å². The summed E-state index contributed by atoms with van der Waals surface area (Å²) >= 11 is 0. The summed E-state index contributed by atoms with van der Waals surface area (Å²) in [4.78, 5) is 20.3. The molecule has 4 heteroatoms. The number of carbonyl (C=O) groups is 1. The SMILES string of the molecule is CC(C)NC(=O)C1(Cc2ccccc2-c2cccnc2)CCN(CCc2ccccc2)C1. The van der Waals surface area contributed by atoms with E-state index in [2.05, 4.69) is 75.9 Å². The summed E-state index contributed by atoms with van der Waals surface area (Å²) in [6.07, 6.45) is 6.32. The van der Waals surface area contributed by atoms with Crippen LogP contribution in [0.15, 0.2) is 79.1 Å². The Bertz CT molecular complexity index is 1020. The molecule has 0 spiro atoms. The van der Waals surface area contributed by atoms with Gasteiger partial charge in [0, 0.05) is 37.1 Å². The third-order valence-electron chi connectivity index (χ3n) is 6.41. The molecule has 1 aliphatic heterocycles. The zero-order chi connectivity index (χ0) is 22.4. The van der Waals surface area contributed by atoms with Gasteiger partial charge in [0.15, 0.2) is 0 Å². The lowest BCUT2D eigenvalue weighted by molar-refractivity contribution is -0.131. The predicted molar refractivity (Wildman–Crippen MR) is 130 cm³/mol. The van der Waals surface area contributed by atoms with Crippen LogP contribution >= 0.6 is 0 Å². The lowest BCUT2D eigenvalue weighted by Gasteiger charge is -2.30. The lowest BCUT2D eigenvalue weighted by atomic mass is 9.78. The van der Waals surface area contributed by atoms with Crippen molar-refractivity contribution in [2.24, 2.45) is 5.41 Å². The molecule has 1 atom stereocenters. The van der Waals surface area contributed by atoms with Crippen LogP contribution in [0.25, 0.3) is 11.1 Å². The Morgan fingerprint density at radius 1 is 1.06 bits per heavy atom. The van der Waals surface area contributed by atoms with Gasteiger partial charge in [-0.3, -0.25) is 9.78 Å². The number of carbonyl (C=O) groups excluding carboxylic acids is 1. The Balaban J connectivity index is 1.57. The minimum Gasteiger partial charge on any atom is -0.353 e. The number of rotatable bonds is 8. The molecule has 0 saturated carbocycles. The fourth-order valence-corrected chi connectivity index (χ4v) is 4.75. The van der Waals surface area contributed by atoms with E-state index in [0.717, 1.165) is 44.5 Å². The number of likely N-dealkylation sites (tertiary alicyclic amines) is 1. The highest BCUT2D eigenvalue weighted by Crippen LogP contribution is 2.37. The van der Waals surface area contributed by atoms with Crippen molar-refractivity contribution in [2.75, 3.05) is 19.6 Å². The number of aromatic nitrogens is 1. The maximum Gasteiger partial charge on any atom is 0.228 e. The molecular formula is C28H33N3O. The molecule has 166 valence electrons. The number of nitrogens with zero attached hydrogens (tertiary/aromatic N) is 2. The highest BCUT2D eigenvalue weighted by Gasteiger charge is 2.44. The van der Waals surface area contributed by atoms with Gasteiger partial charge >= 0.3 is 0 Å². The lowest BCUT2D eigenvalue weighted by Crippen LogP contribution is -2.47. The smallest absolute Gasteiger partial charge is 0.228 e. The molecule has 1 fully saturated rings. The third kappa shape index (κ3) is 5.25. The van der Waals surface area contributed by atoms with Crippen LogP contribution in [0.3, 0.4) is 0 Å². The van der Waals surface area contributed by atoms with E-state index in [1.165, 1.54) is 16.7 Å². The average molecular weight is 428 g/mol. The van der Waals surface area contributed by atoms with Crippen molar-refractivity contribution in [2.45, 2.75) is 39.2 Å². The second-order valence-corrected chi connectivity index (χ2v) is 9.25. The van der Waals surface area contributed by atoms with Crippen LogP contribution in [0.2, 0.25) is 0 Å². The number of pyridine rings is 1. The van der Waals surface area contributed by atoms with Crippen LogP contribution in [0, 0.1) is 5.41 Å². The Labute approximate surface area is 191 Å². The molecule has 2 aromatic carbocycles. The van der Waals surface area contributed by atoms with Crippen LogP contribution in [0.4, 0.5) is 0 Å². The second-order valence-electron chi connectivity index (χ2n) is 9.25. The standard InChI is InChI=1S/C28H33N3O/c1-22(2)30-27(32)28(15-18-31(21-28)17-14-23-9-4-3-5-10-23)19-24-11-6-7-13-26(24)25-12-8-16-29-20-25/h3-13,16,20,22H,14-15,17-19,21H2,1-2H3,(H,30,32). The summed E-state index contributed by atoms with van der Waals surface area (Å²) in [5.74, 6) is 0.177. The maximum atomic E-state index is 13.5. The van der Waals surface area contributed by atoms with Crippen molar-refractivity contribution in [3.8, 4) is 11.1 Å². The molecule has 1 aliphatic rings. The Morgan fingerprint density at radius 2 is 1.84 bits per heavy atom. The number of nitrogens with one attached hydrogen (secondary N) is 1. The highest BCUT2D eigenvalue weighted by molar-refractivity contribution is 5.84. The summed E-state index contributed by atoms with van der Waals surface area (Å²) in [6.45, 7) is 6.80. The van der Waals surface area contributed by atoms with Crippen LogP contribution < -0.4 is 5.32 Å². The number of amides is 1. The van der Waals surface area contributed by atoms with Crippen molar-refractivity contribution in [1.29, 1.82) is 0 Å². The first-order valence-electron chi connectivity index (χ1n) is 11.6. The number of hydrogen-bond acceptors (Lipinski definition) is 3. The average Bonchev–Trinajstić information content (AvgIpc) is 3.23. The Kier molecular flexibility index (Phi) is 7.01. The number of hydrogen-bond donors (Lipinski definition) is 1. The molecule has 4 rings (SSSR count). The molecule has 0 aliphatic carbocycles. The van der Waals surface area contributed by atoms with Gasteiger partial charge < -0.3 is 10.2 Å². The van der Waals surface area contributed by atoms with E-state index in [0.29, 0.717) is 0 Å². The second kappa shape index (κ2) is 10.1. The molecular weight excluding hydrogens is 394 g/mol. The van der Waals surface area contributed by atoms with Gasteiger partial charge in [-0.05, 0) is 62.4 Å². The highest BCUT2D eigenvalue weighted by atomic mass is 16.2. The van der Waals surface area contributed by atoms with Gasteiger partial charge in [-0.25, -0.2) is 0 Å². The third-order valence-corrected chi connectivity index (χ3v) is 6.41. The molecule has 32 heavy (non-hydrogen) atoms. The minimum atomic E-state index is -0.417. The Hall–Kier alpha value is -2.98. The molecule has 1 aromatic heterocycles. The molecule has 2 heterocycles. The Morgan fingerprint density at radius 3 is 2.59 bits per heavy atom.